The molecule has 150 valence electrons. The number of hydrogen-bond acceptors (Lipinski definition) is 2. The fraction of sp³-hybridized carbons (Fsp3) is 0.565. The van der Waals surface area contributed by atoms with Crippen molar-refractivity contribution in [1.82, 2.24) is 4.57 Å². The molecule has 2 saturated carbocycles. The second kappa shape index (κ2) is 7.98. The van der Waals surface area contributed by atoms with Crippen LogP contribution < -0.4 is 0 Å². The second-order valence-corrected chi connectivity index (χ2v) is 8.65. The van der Waals surface area contributed by atoms with Crippen molar-refractivity contribution < 1.29 is 19.8 Å². The van der Waals surface area contributed by atoms with Gasteiger partial charge in [0, 0.05) is 10.9 Å². The molecule has 0 radical (unpaired) electrons. The molecule has 0 amide bonds. The molecule has 0 saturated heterocycles. The van der Waals surface area contributed by atoms with E-state index >= 15 is 0 Å². The Morgan fingerprint density at radius 1 is 0.929 bits per heavy atom. The zero-order valence-corrected chi connectivity index (χ0v) is 16.3. The third-order valence-corrected chi connectivity index (χ3v) is 6.94. The molecule has 5 nitrogen and oxygen atoms in total. The average molecular weight is 383 g/mol. The minimum Gasteiger partial charge on any atom is -0.480 e. The first-order valence-electron chi connectivity index (χ1n) is 10.6. The Balaban J connectivity index is 1.60. The van der Waals surface area contributed by atoms with E-state index in [9.17, 15) is 14.7 Å². The number of benzene rings is 1. The molecule has 2 N–H and O–H groups in total. The number of fused-ring (bicyclic) bond motifs is 1. The van der Waals surface area contributed by atoms with Crippen molar-refractivity contribution in [2.24, 2.45) is 11.8 Å². The average Bonchev–Trinajstić information content (AvgIpc) is 3.06. The fourth-order valence-electron chi connectivity index (χ4n) is 5.59. The molecule has 5 heteroatoms. The Bertz CT molecular complexity index is 878. The normalized spacial score (nSPS) is 23.7. The number of nitrogens with zero attached hydrogens (tertiary/aromatic N) is 1. The highest BCUT2D eigenvalue weighted by Crippen LogP contribution is 2.44. The molecule has 0 spiro atoms. The van der Waals surface area contributed by atoms with Gasteiger partial charge in [0.05, 0.1) is 0 Å². The standard InChI is InChI=1S/C23H29NO4/c25-22(26)14-24-20-10-9-18(12-19(20)13-21(24)23(27)28)17-8-4-7-16(11-17)15-5-2-1-3-6-15/h9-10,12-13,15-17H,1-8,11,14H2,(H,25,26)(H,27,28)/t16-,17-/m0/s1. The summed E-state index contributed by atoms with van der Waals surface area (Å²) in [4.78, 5) is 22.7. The van der Waals surface area contributed by atoms with E-state index in [1.165, 1.54) is 67.9 Å². The summed E-state index contributed by atoms with van der Waals surface area (Å²) in [6.07, 6.45) is 12.0. The van der Waals surface area contributed by atoms with E-state index in [1.807, 2.05) is 6.07 Å². The van der Waals surface area contributed by atoms with E-state index in [2.05, 4.69) is 12.1 Å². The summed E-state index contributed by atoms with van der Waals surface area (Å²) >= 11 is 0. The van der Waals surface area contributed by atoms with Crippen LogP contribution in [0.25, 0.3) is 10.9 Å². The summed E-state index contributed by atoms with van der Waals surface area (Å²) in [5, 5.41) is 19.4. The zero-order chi connectivity index (χ0) is 19.7. The van der Waals surface area contributed by atoms with Gasteiger partial charge >= 0.3 is 11.9 Å². The highest BCUT2D eigenvalue weighted by Gasteiger charge is 2.30. The van der Waals surface area contributed by atoms with Crippen LogP contribution in [0.3, 0.4) is 0 Å². The van der Waals surface area contributed by atoms with Gasteiger partial charge in [-0.05, 0) is 54.4 Å². The lowest BCUT2D eigenvalue weighted by atomic mass is 9.69. The first-order valence-corrected chi connectivity index (χ1v) is 10.6. The van der Waals surface area contributed by atoms with E-state index in [0.29, 0.717) is 11.4 Å². The maximum atomic E-state index is 11.6. The summed E-state index contributed by atoms with van der Waals surface area (Å²) in [5.41, 5.74) is 2.00. The van der Waals surface area contributed by atoms with Crippen LogP contribution in [0.1, 0.15) is 79.8 Å². The molecule has 1 aromatic heterocycles. The second-order valence-electron chi connectivity index (χ2n) is 8.65. The van der Waals surface area contributed by atoms with E-state index < -0.39 is 11.9 Å². The summed E-state index contributed by atoms with van der Waals surface area (Å²) in [6, 6.07) is 7.70. The lowest BCUT2D eigenvalue weighted by molar-refractivity contribution is -0.137. The molecule has 0 bridgehead atoms. The van der Waals surface area contributed by atoms with Gasteiger partial charge in [-0.1, -0.05) is 51.0 Å². The van der Waals surface area contributed by atoms with Gasteiger partial charge in [-0.2, -0.15) is 0 Å². The minimum atomic E-state index is -1.09. The largest absolute Gasteiger partial charge is 0.480 e. The third-order valence-electron chi connectivity index (χ3n) is 6.94. The molecule has 1 heterocycles. The Morgan fingerprint density at radius 3 is 2.39 bits per heavy atom. The summed E-state index contributed by atoms with van der Waals surface area (Å²) in [7, 11) is 0. The molecule has 0 aliphatic heterocycles. The van der Waals surface area contributed by atoms with Crippen molar-refractivity contribution in [2.45, 2.75) is 70.3 Å². The van der Waals surface area contributed by atoms with Gasteiger partial charge in [0.15, 0.2) is 0 Å². The van der Waals surface area contributed by atoms with Crippen molar-refractivity contribution in [3.8, 4) is 0 Å². The van der Waals surface area contributed by atoms with Crippen molar-refractivity contribution in [3.63, 3.8) is 0 Å². The molecular formula is C23H29NO4. The SMILES string of the molecule is O=C(O)Cn1c(C(=O)O)cc2cc([C@H]3CCC[C@H](C4CCCCC4)C3)ccc21. The topological polar surface area (TPSA) is 79.5 Å². The maximum absolute atomic E-state index is 11.6. The van der Waals surface area contributed by atoms with E-state index in [-0.39, 0.29) is 12.2 Å². The van der Waals surface area contributed by atoms with Crippen LogP contribution >= 0.6 is 0 Å². The smallest absolute Gasteiger partial charge is 0.352 e. The third kappa shape index (κ3) is 3.80. The van der Waals surface area contributed by atoms with E-state index in [4.69, 9.17) is 5.11 Å². The van der Waals surface area contributed by atoms with Crippen LogP contribution in [-0.2, 0) is 11.3 Å². The van der Waals surface area contributed by atoms with Gasteiger partial charge in [-0.25, -0.2) is 4.79 Å². The number of carbonyl (C=O) groups is 2. The van der Waals surface area contributed by atoms with Gasteiger partial charge in [-0.15, -0.1) is 0 Å². The van der Waals surface area contributed by atoms with Crippen molar-refractivity contribution in [3.05, 3.63) is 35.5 Å². The maximum Gasteiger partial charge on any atom is 0.352 e. The Hall–Kier alpha value is -2.30. The summed E-state index contributed by atoms with van der Waals surface area (Å²) in [5.74, 6) is 0.110. The molecule has 0 unspecified atom stereocenters. The van der Waals surface area contributed by atoms with Crippen molar-refractivity contribution >= 4 is 22.8 Å². The molecule has 2 aliphatic carbocycles. The lowest BCUT2D eigenvalue weighted by Crippen LogP contribution is -2.23. The van der Waals surface area contributed by atoms with Gasteiger partial charge in [-0.3, -0.25) is 4.79 Å². The summed E-state index contributed by atoms with van der Waals surface area (Å²) < 4.78 is 1.38. The van der Waals surface area contributed by atoms with Crippen molar-refractivity contribution in [1.29, 1.82) is 0 Å². The van der Waals surface area contributed by atoms with Crippen molar-refractivity contribution in [2.75, 3.05) is 0 Å². The molecule has 1 aromatic carbocycles. The number of aromatic nitrogens is 1. The predicted molar refractivity (Wildman–Crippen MR) is 108 cm³/mol. The Labute approximate surface area is 165 Å². The molecule has 2 fully saturated rings. The highest BCUT2D eigenvalue weighted by molar-refractivity contribution is 5.95. The molecule has 2 aliphatic rings. The van der Waals surface area contributed by atoms with Gasteiger partial charge in [0.25, 0.3) is 0 Å². The first-order chi connectivity index (χ1) is 13.5. The predicted octanol–water partition coefficient (Wildman–Crippen LogP) is 5.28. The van der Waals surface area contributed by atoms with Gasteiger partial charge < -0.3 is 14.8 Å². The number of aromatic carboxylic acids is 1. The fourth-order valence-corrected chi connectivity index (χ4v) is 5.59. The quantitative estimate of drug-likeness (QED) is 0.736. The number of rotatable bonds is 5. The Kier molecular flexibility index (Phi) is 5.42. The highest BCUT2D eigenvalue weighted by atomic mass is 16.4. The van der Waals surface area contributed by atoms with Crippen LogP contribution in [0.5, 0.6) is 0 Å². The monoisotopic (exact) mass is 383 g/mol. The van der Waals surface area contributed by atoms with Crippen LogP contribution in [0.4, 0.5) is 0 Å². The van der Waals surface area contributed by atoms with Crippen LogP contribution in [0, 0.1) is 11.8 Å². The number of carboxylic acid groups (broad SMARTS) is 2. The Morgan fingerprint density at radius 2 is 1.68 bits per heavy atom. The number of aliphatic carboxylic acids is 1. The lowest BCUT2D eigenvalue weighted by Gasteiger charge is -2.36. The van der Waals surface area contributed by atoms with Crippen LogP contribution in [-0.4, -0.2) is 26.7 Å². The number of carboxylic acids is 2. The van der Waals surface area contributed by atoms with Crippen LogP contribution in [0.2, 0.25) is 0 Å². The number of hydrogen-bond donors (Lipinski definition) is 2. The van der Waals surface area contributed by atoms with E-state index in [1.54, 1.807) is 6.07 Å². The zero-order valence-electron chi connectivity index (χ0n) is 16.3. The molecule has 28 heavy (non-hydrogen) atoms. The molecule has 4 rings (SSSR count). The van der Waals surface area contributed by atoms with E-state index in [0.717, 1.165) is 17.2 Å². The van der Waals surface area contributed by atoms with Crippen LogP contribution in [0.15, 0.2) is 24.3 Å². The summed E-state index contributed by atoms with van der Waals surface area (Å²) in [6.45, 7) is -0.336. The molecule has 2 aromatic rings. The van der Waals surface area contributed by atoms with Gasteiger partial charge in [0.2, 0.25) is 0 Å². The molecular weight excluding hydrogens is 354 g/mol. The minimum absolute atomic E-state index is 0.0401. The van der Waals surface area contributed by atoms with Gasteiger partial charge in [0.1, 0.15) is 12.2 Å². The molecule has 2 atom stereocenters. The first kappa shape index (κ1) is 19.0.